The van der Waals surface area contributed by atoms with Crippen molar-refractivity contribution in [3.63, 3.8) is 0 Å². The lowest BCUT2D eigenvalue weighted by molar-refractivity contribution is -0.119. The van der Waals surface area contributed by atoms with Crippen molar-refractivity contribution in [1.29, 1.82) is 0 Å². The van der Waals surface area contributed by atoms with Crippen molar-refractivity contribution in [2.45, 2.75) is 24.9 Å². The van der Waals surface area contributed by atoms with E-state index >= 15 is 0 Å². The molecule has 6 aromatic rings. The van der Waals surface area contributed by atoms with Gasteiger partial charge < -0.3 is 5.32 Å². The summed E-state index contributed by atoms with van der Waals surface area (Å²) >= 11 is 25.1. The lowest BCUT2D eigenvalue weighted by atomic mass is 9.65. The molecular weight excluding hydrogens is 776 g/mol. The van der Waals surface area contributed by atoms with Crippen molar-refractivity contribution in [2.24, 2.45) is 0 Å². The van der Waals surface area contributed by atoms with Gasteiger partial charge in [-0.15, -0.1) is 0 Å². The fourth-order valence-electron chi connectivity index (χ4n) is 8.44. The maximum atomic E-state index is 14.5. The second-order valence-corrected chi connectivity index (χ2v) is 15.0. The van der Waals surface area contributed by atoms with Crippen molar-refractivity contribution < 1.29 is 19.2 Å². The minimum Gasteiger partial charge on any atom is -0.322 e. The molecule has 2 atom stereocenters. The molecule has 6 aromatic carbocycles. The number of nitrogens with one attached hydrogen (secondary N) is 1. The third-order valence-corrected chi connectivity index (χ3v) is 11.4. The van der Waals surface area contributed by atoms with Crippen molar-refractivity contribution >= 4 is 87.0 Å². The van der Waals surface area contributed by atoms with Gasteiger partial charge >= 0.3 is 0 Å². The van der Waals surface area contributed by atoms with Crippen molar-refractivity contribution in [1.82, 2.24) is 0 Å². The molecular formula is C44H29Cl4N3O4. The Morgan fingerprint density at radius 3 is 1.49 bits per heavy atom. The first kappa shape index (κ1) is 36.5. The van der Waals surface area contributed by atoms with Crippen LogP contribution in [0, 0.1) is 0 Å². The zero-order valence-corrected chi connectivity index (χ0v) is 32.3. The van der Waals surface area contributed by atoms with Crippen molar-refractivity contribution in [3.05, 3.63) is 192 Å². The van der Waals surface area contributed by atoms with Crippen LogP contribution in [-0.4, -0.2) is 23.5 Å². The Balaban J connectivity index is 1.43. The second kappa shape index (κ2) is 13.7. The molecule has 3 amide bonds. The summed E-state index contributed by atoms with van der Waals surface area (Å²) in [6.07, 6.45) is 0. The van der Waals surface area contributed by atoms with Gasteiger partial charge in [0.2, 0.25) is 11.8 Å². The van der Waals surface area contributed by atoms with E-state index in [0.29, 0.717) is 49.4 Å². The largest absolute Gasteiger partial charge is 0.322 e. The number of amides is 3. The summed E-state index contributed by atoms with van der Waals surface area (Å²) in [6.45, 7) is 2.95. The number of carbonyl (C=O) groups excluding carboxylic acids is 4. The van der Waals surface area contributed by atoms with Crippen molar-refractivity contribution in [2.75, 3.05) is 15.1 Å². The lowest BCUT2D eigenvalue weighted by Gasteiger charge is -2.49. The Kier molecular flexibility index (Phi) is 9.10. The molecule has 0 aromatic heterocycles. The lowest BCUT2D eigenvalue weighted by Crippen LogP contribution is -2.62. The fourth-order valence-corrected chi connectivity index (χ4v) is 9.43. The topological polar surface area (TPSA) is 86.8 Å². The third-order valence-electron chi connectivity index (χ3n) is 10.3. The predicted octanol–water partition coefficient (Wildman–Crippen LogP) is 10.7. The van der Waals surface area contributed by atoms with Crippen LogP contribution >= 0.6 is 46.4 Å². The van der Waals surface area contributed by atoms with Gasteiger partial charge in [0.05, 0.1) is 27.0 Å². The molecule has 0 radical (unpaired) electrons. The maximum absolute atomic E-state index is 14.5. The molecule has 0 saturated carbocycles. The summed E-state index contributed by atoms with van der Waals surface area (Å²) in [7, 11) is 0. The molecule has 0 unspecified atom stereocenters. The number of anilines is 3. The second-order valence-electron chi connectivity index (χ2n) is 13.4. The zero-order valence-electron chi connectivity index (χ0n) is 29.2. The molecule has 1 N–H and O–H groups in total. The minimum absolute atomic E-state index is 0.182. The van der Waals surface area contributed by atoms with Gasteiger partial charge in [-0.25, -0.2) is 0 Å². The summed E-state index contributed by atoms with van der Waals surface area (Å²) in [5.74, 6) is -1.49. The molecule has 2 aliphatic heterocycles. The van der Waals surface area contributed by atoms with E-state index in [1.165, 1.54) is 32.0 Å². The van der Waals surface area contributed by atoms with E-state index in [4.69, 9.17) is 46.4 Å². The quantitative estimate of drug-likeness (QED) is 0.170. The predicted molar refractivity (Wildman–Crippen MR) is 218 cm³/mol. The highest BCUT2D eigenvalue weighted by atomic mass is 35.5. The Labute approximate surface area is 337 Å². The molecule has 55 heavy (non-hydrogen) atoms. The number of hydrogen-bond donors (Lipinski definition) is 1. The normalized spacial score (nSPS) is 18.0. The van der Waals surface area contributed by atoms with Crippen LogP contribution in [0.15, 0.2) is 133 Å². The number of hydrogen-bond acceptors (Lipinski definition) is 4. The molecule has 0 spiro atoms. The SMILES string of the molecule is CC(=O)N1c2cc(C(=O)c3ccc(Cl)cc3Cl)ccc2[C@]2(c3ccccc3)N(C(C)=O)c3cc(NC(=O)c4ccc(Cl)cc4Cl)ccc3[C@@]12c1ccccc1. The van der Waals surface area contributed by atoms with E-state index in [-0.39, 0.29) is 44.3 Å². The zero-order chi connectivity index (χ0) is 38.8. The Morgan fingerprint density at radius 1 is 0.527 bits per heavy atom. The van der Waals surface area contributed by atoms with Gasteiger partial charge in [-0.2, -0.15) is 0 Å². The molecule has 8 rings (SSSR count). The molecule has 7 nitrogen and oxygen atoms in total. The first-order chi connectivity index (χ1) is 26.4. The van der Waals surface area contributed by atoms with E-state index in [1.807, 2.05) is 72.8 Å². The van der Waals surface area contributed by atoms with Crippen LogP contribution in [0.3, 0.4) is 0 Å². The smallest absolute Gasteiger partial charge is 0.257 e. The van der Waals surface area contributed by atoms with E-state index in [2.05, 4.69) is 5.32 Å². The van der Waals surface area contributed by atoms with Crippen LogP contribution in [0.4, 0.5) is 17.1 Å². The Bertz CT molecular complexity index is 2600. The van der Waals surface area contributed by atoms with Gasteiger partial charge in [0.1, 0.15) is 11.1 Å². The number of halogens is 4. The van der Waals surface area contributed by atoms with Gasteiger partial charge in [-0.1, -0.05) is 125 Å². The van der Waals surface area contributed by atoms with Crippen LogP contribution in [0.2, 0.25) is 20.1 Å². The first-order valence-electron chi connectivity index (χ1n) is 17.2. The summed E-state index contributed by atoms with van der Waals surface area (Å²) in [6, 6.07) is 38.9. The van der Waals surface area contributed by atoms with E-state index in [1.54, 1.807) is 52.3 Å². The van der Waals surface area contributed by atoms with Crippen LogP contribution in [-0.2, 0) is 20.7 Å². The molecule has 2 heterocycles. The number of ketones is 1. The van der Waals surface area contributed by atoms with E-state index in [9.17, 15) is 19.2 Å². The van der Waals surface area contributed by atoms with E-state index < -0.39 is 17.0 Å². The number of rotatable bonds is 6. The molecule has 0 saturated heterocycles. The van der Waals surface area contributed by atoms with Crippen LogP contribution in [0.25, 0.3) is 0 Å². The van der Waals surface area contributed by atoms with Gasteiger partial charge in [0.25, 0.3) is 5.91 Å². The standard InChI is InChI=1S/C44H29Cl4N3O4/c1-25(52)50-39-21-27(41(54)33-17-14-30(45)22-37(33)47)13-19-35(39)43(28-9-5-3-6-10-28)44(50,29-11-7-4-8-12-29)36-20-16-32(24-40(36)51(43)26(2)53)49-42(55)34-18-15-31(46)23-38(34)48/h3-24H,1-2H3,(H,49,55)/t43-,44+/m0/s1. The summed E-state index contributed by atoms with van der Waals surface area (Å²) in [4.78, 5) is 60.0. The average Bonchev–Trinajstić information content (AvgIpc) is 3.58. The number of benzene rings is 6. The van der Waals surface area contributed by atoms with Crippen molar-refractivity contribution in [3.8, 4) is 0 Å². The molecule has 0 bridgehead atoms. The third kappa shape index (κ3) is 5.40. The van der Waals surface area contributed by atoms with Crippen LogP contribution in [0.5, 0.6) is 0 Å². The highest BCUT2D eigenvalue weighted by Gasteiger charge is 2.73. The highest BCUT2D eigenvalue weighted by Crippen LogP contribution is 2.70. The summed E-state index contributed by atoms with van der Waals surface area (Å²) in [5.41, 5.74) is 1.92. The van der Waals surface area contributed by atoms with Crippen LogP contribution in [0.1, 0.15) is 62.4 Å². The average molecular weight is 806 g/mol. The van der Waals surface area contributed by atoms with Crippen LogP contribution < -0.4 is 15.1 Å². The maximum Gasteiger partial charge on any atom is 0.257 e. The number of nitrogens with zero attached hydrogens (tertiary/aromatic N) is 2. The molecule has 272 valence electrons. The molecule has 2 aliphatic rings. The van der Waals surface area contributed by atoms with Gasteiger partial charge in [-0.3, -0.25) is 29.0 Å². The summed E-state index contributed by atoms with van der Waals surface area (Å²) < 4.78 is 0. The van der Waals surface area contributed by atoms with Gasteiger partial charge in [0, 0.05) is 51.8 Å². The van der Waals surface area contributed by atoms with Gasteiger partial charge in [-0.05, 0) is 65.7 Å². The summed E-state index contributed by atoms with van der Waals surface area (Å²) in [5, 5.41) is 4.09. The molecule has 0 fully saturated rings. The first-order valence-corrected chi connectivity index (χ1v) is 18.7. The van der Waals surface area contributed by atoms with Gasteiger partial charge in [0.15, 0.2) is 5.78 Å². The number of carbonyl (C=O) groups is 4. The fraction of sp³-hybridized carbons (Fsp3) is 0.0909. The monoisotopic (exact) mass is 803 g/mol. The number of fused-ring (bicyclic) bond motifs is 5. The minimum atomic E-state index is -1.41. The highest BCUT2D eigenvalue weighted by molar-refractivity contribution is 6.38. The van der Waals surface area contributed by atoms with E-state index in [0.717, 1.165) is 0 Å². The molecule has 0 aliphatic carbocycles. The molecule has 11 heteroatoms. The Morgan fingerprint density at radius 2 is 1.00 bits per heavy atom. The Hall–Kier alpha value is -5.44.